The smallest absolute Gasteiger partial charge is 0.0968 e. The lowest BCUT2D eigenvalue weighted by Gasteiger charge is -1.97. The average Bonchev–Trinajstić information content (AvgIpc) is 3.11. The van der Waals surface area contributed by atoms with Gasteiger partial charge < -0.3 is 5.32 Å². The zero-order chi connectivity index (χ0) is 11.3. The van der Waals surface area contributed by atoms with Gasteiger partial charge in [0, 0.05) is 23.3 Å². The molecule has 88 valence electrons. The molecule has 2 saturated carbocycles. The molecule has 16 heavy (non-hydrogen) atoms. The molecule has 0 saturated heterocycles. The average molecular weight is 236 g/mol. The first kappa shape index (κ1) is 10.7. The molecule has 3 heteroatoms. The molecule has 3 rings (SSSR count). The molecule has 1 aromatic rings. The van der Waals surface area contributed by atoms with E-state index in [4.69, 9.17) is 4.98 Å². The van der Waals surface area contributed by atoms with Crippen molar-refractivity contribution >= 4 is 11.3 Å². The van der Waals surface area contributed by atoms with Crippen molar-refractivity contribution in [1.82, 2.24) is 10.3 Å². The molecule has 2 aliphatic carbocycles. The Balaban J connectivity index is 1.87. The summed E-state index contributed by atoms with van der Waals surface area (Å²) >= 11 is 1.95. The molecule has 1 N–H and O–H groups in total. The molecule has 0 radical (unpaired) electrons. The topological polar surface area (TPSA) is 24.9 Å². The highest BCUT2D eigenvalue weighted by Crippen LogP contribution is 2.60. The predicted octanol–water partition coefficient (Wildman–Crippen LogP) is 3.25. The Morgan fingerprint density at radius 2 is 2.12 bits per heavy atom. The van der Waals surface area contributed by atoms with Crippen molar-refractivity contribution in [1.29, 1.82) is 0 Å². The second kappa shape index (κ2) is 3.54. The Bertz CT molecular complexity index is 404. The van der Waals surface area contributed by atoms with Crippen LogP contribution in [0.15, 0.2) is 0 Å². The Morgan fingerprint density at radius 3 is 2.62 bits per heavy atom. The van der Waals surface area contributed by atoms with Gasteiger partial charge in [0.15, 0.2) is 0 Å². The first-order chi connectivity index (χ1) is 7.62. The molecule has 1 heterocycles. The first-order valence-corrected chi connectivity index (χ1v) is 7.07. The number of aromatic nitrogens is 1. The van der Waals surface area contributed by atoms with Crippen molar-refractivity contribution < 1.29 is 0 Å². The minimum absolute atomic E-state index is 0.510. The van der Waals surface area contributed by atoms with Crippen LogP contribution in [0.5, 0.6) is 0 Å². The minimum atomic E-state index is 0.510. The fraction of sp³-hybridized carbons (Fsp3) is 0.769. The maximum atomic E-state index is 4.93. The van der Waals surface area contributed by atoms with Crippen LogP contribution in [-0.4, -0.2) is 12.0 Å². The van der Waals surface area contributed by atoms with Crippen LogP contribution in [-0.2, 0) is 6.54 Å². The largest absolute Gasteiger partial charge is 0.315 e. The second-order valence-electron chi connectivity index (χ2n) is 5.91. The van der Waals surface area contributed by atoms with Crippen LogP contribution in [0.25, 0.3) is 0 Å². The molecule has 0 spiro atoms. The van der Waals surface area contributed by atoms with E-state index in [-0.39, 0.29) is 0 Å². The van der Waals surface area contributed by atoms with E-state index in [9.17, 15) is 0 Å². The molecular weight excluding hydrogens is 216 g/mol. The highest BCUT2D eigenvalue weighted by Gasteiger charge is 2.49. The van der Waals surface area contributed by atoms with E-state index in [1.807, 2.05) is 18.4 Å². The van der Waals surface area contributed by atoms with Gasteiger partial charge in [0.1, 0.15) is 0 Å². The van der Waals surface area contributed by atoms with Crippen LogP contribution in [0, 0.1) is 5.41 Å². The predicted molar refractivity (Wildman–Crippen MR) is 68.0 cm³/mol. The van der Waals surface area contributed by atoms with Crippen LogP contribution in [0.2, 0.25) is 0 Å². The van der Waals surface area contributed by atoms with Crippen molar-refractivity contribution in [2.75, 3.05) is 7.05 Å². The number of hydrogen-bond acceptors (Lipinski definition) is 3. The van der Waals surface area contributed by atoms with E-state index in [1.165, 1.54) is 34.8 Å². The Kier molecular flexibility index (Phi) is 2.37. The zero-order valence-electron chi connectivity index (χ0n) is 10.3. The lowest BCUT2D eigenvalue weighted by atomic mass is 10.1. The zero-order valence-corrected chi connectivity index (χ0v) is 11.2. The summed E-state index contributed by atoms with van der Waals surface area (Å²) in [5.74, 6) is 1.52. The van der Waals surface area contributed by atoms with E-state index in [1.54, 1.807) is 0 Å². The van der Waals surface area contributed by atoms with Crippen molar-refractivity contribution in [3.05, 3.63) is 15.6 Å². The SMILES string of the molecule is CNCc1sc(C2CC2(C)C)nc1C1CC1. The van der Waals surface area contributed by atoms with Gasteiger partial charge >= 0.3 is 0 Å². The number of nitrogens with one attached hydrogen (secondary N) is 1. The number of hydrogen-bond donors (Lipinski definition) is 1. The highest BCUT2D eigenvalue weighted by atomic mass is 32.1. The van der Waals surface area contributed by atoms with Gasteiger partial charge in [-0.3, -0.25) is 0 Å². The Morgan fingerprint density at radius 1 is 1.44 bits per heavy atom. The van der Waals surface area contributed by atoms with Gasteiger partial charge in [-0.25, -0.2) is 4.98 Å². The molecule has 0 aromatic carbocycles. The van der Waals surface area contributed by atoms with E-state index >= 15 is 0 Å². The number of thiazole rings is 1. The lowest BCUT2D eigenvalue weighted by molar-refractivity contribution is 0.619. The van der Waals surface area contributed by atoms with Crippen molar-refractivity contribution in [2.24, 2.45) is 5.41 Å². The van der Waals surface area contributed by atoms with Gasteiger partial charge in [0.25, 0.3) is 0 Å². The van der Waals surface area contributed by atoms with Crippen LogP contribution in [0.1, 0.15) is 60.5 Å². The number of nitrogens with zero attached hydrogens (tertiary/aromatic N) is 1. The summed E-state index contributed by atoms with van der Waals surface area (Å²) in [5.41, 5.74) is 1.92. The normalized spacial score (nSPS) is 27.1. The van der Waals surface area contributed by atoms with Gasteiger partial charge in [0.2, 0.25) is 0 Å². The van der Waals surface area contributed by atoms with Crippen molar-refractivity contribution in [2.45, 2.75) is 51.5 Å². The summed E-state index contributed by atoms with van der Waals surface area (Å²) in [6, 6.07) is 0. The molecule has 0 aliphatic heterocycles. The molecule has 0 bridgehead atoms. The van der Waals surface area contributed by atoms with Crippen molar-refractivity contribution in [3.63, 3.8) is 0 Å². The Hall–Kier alpha value is -0.410. The van der Waals surface area contributed by atoms with Crippen LogP contribution < -0.4 is 5.32 Å². The maximum Gasteiger partial charge on any atom is 0.0968 e. The molecule has 2 aliphatic rings. The minimum Gasteiger partial charge on any atom is -0.315 e. The first-order valence-electron chi connectivity index (χ1n) is 6.26. The van der Waals surface area contributed by atoms with Crippen LogP contribution in [0.4, 0.5) is 0 Å². The molecule has 1 atom stereocenters. The third-order valence-electron chi connectivity index (χ3n) is 3.86. The van der Waals surface area contributed by atoms with E-state index < -0.39 is 0 Å². The van der Waals surface area contributed by atoms with E-state index in [0.29, 0.717) is 5.41 Å². The fourth-order valence-electron chi connectivity index (χ4n) is 2.38. The maximum absolute atomic E-state index is 4.93. The molecule has 2 nitrogen and oxygen atoms in total. The van der Waals surface area contributed by atoms with Gasteiger partial charge in [-0.2, -0.15) is 0 Å². The standard InChI is InChI=1S/C13H20N2S/c1-13(2)6-9(13)12-15-11(8-4-5-8)10(16-12)7-14-3/h8-9,14H,4-7H2,1-3H3. The van der Waals surface area contributed by atoms with E-state index in [2.05, 4.69) is 19.2 Å². The third-order valence-corrected chi connectivity index (χ3v) is 5.04. The molecule has 1 aromatic heterocycles. The Labute approximate surface area is 101 Å². The van der Waals surface area contributed by atoms with Gasteiger partial charge in [0.05, 0.1) is 10.7 Å². The summed E-state index contributed by atoms with van der Waals surface area (Å²) < 4.78 is 0. The molecule has 2 fully saturated rings. The molecular formula is C13H20N2S. The summed E-state index contributed by atoms with van der Waals surface area (Å²) in [6.45, 7) is 5.71. The second-order valence-corrected chi connectivity index (χ2v) is 7.03. The lowest BCUT2D eigenvalue weighted by Crippen LogP contribution is -2.05. The summed E-state index contributed by atoms with van der Waals surface area (Å²) in [4.78, 5) is 6.42. The van der Waals surface area contributed by atoms with Gasteiger partial charge in [-0.1, -0.05) is 13.8 Å². The fourth-order valence-corrected chi connectivity index (χ4v) is 3.86. The molecule has 0 amide bonds. The summed E-state index contributed by atoms with van der Waals surface area (Å²) in [5, 5.41) is 4.67. The van der Waals surface area contributed by atoms with Crippen LogP contribution in [0.3, 0.4) is 0 Å². The quantitative estimate of drug-likeness (QED) is 0.868. The van der Waals surface area contributed by atoms with Gasteiger partial charge in [-0.05, 0) is 31.7 Å². The summed E-state index contributed by atoms with van der Waals surface area (Å²) in [7, 11) is 2.02. The third kappa shape index (κ3) is 1.80. The van der Waals surface area contributed by atoms with Crippen LogP contribution >= 0.6 is 11.3 Å². The monoisotopic (exact) mass is 236 g/mol. The summed E-state index contributed by atoms with van der Waals surface area (Å²) in [6.07, 6.45) is 4.03. The molecule has 1 unspecified atom stereocenters. The van der Waals surface area contributed by atoms with Gasteiger partial charge in [-0.15, -0.1) is 11.3 Å². The number of rotatable bonds is 4. The highest BCUT2D eigenvalue weighted by molar-refractivity contribution is 7.11. The van der Waals surface area contributed by atoms with Crippen molar-refractivity contribution in [3.8, 4) is 0 Å². The van der Waals surface area contributed by atoms with E-state index in [0.717, 1.165) is 18.4 Å².